The van der Waals surface area contributed by atoms with E-state index in [9.17, 15) is 14.1 Å². The summed E-state index contributed by atoms with van der Waals surface area (Å²) < 4.78 is 22.8. The third-order valence-corrected chi connectivity index (χ3v) is 14.0. The van der Waals surface area contributed by atoms with Crippen molar-refractivity contribution in [1.82, 2.24) is 9.62 Å². The monoisotopic (exact) mass is 697 g/mol. The molecule has 2 bridgehead atoms. The number of amides is 1. The van der Waals surface area contributed by atoms with E-state index in [1.165, 1.54) is 11.1 Å². The van der Waals surface area contributed by atoms with Gasteiger partial charge in [-0.25, -0.2) is 4.21 Å². The van der Waals surface area contributed by atoms with Crippen LogP contribution in [-0.4, -0.2) is 71.3 Å². The normalized spacial score (nSPS) is 31.5. The van der Waals surface area contributed by atoms with Gasteiger partial charge in [0.15, 0.2) is 0 Å². The Bertz CT molecular complexity index is 1450. The van der Waals surface area contributed by atoms with Gasteiger partial charge < -0.3 is 19.6 Å². The average Bonchev–Trinajstić information content (AvgIpc) is 3.24. The van der Waals surface area contributed by atoms with Crippen molar-refractivity contribution in [2.45, 2.75) is 95.8 Å². The molecule has 2 aromatic rings. The van der Waals surface area contributed by atoms with Crippen LogP contribution in [0.2, 0.25) is 5.02 Å². The number of halogens is 1. The van der Waals surface area contributed by atoms with E-state index in [1.807, 2.05) is 25.1 Å². The molecule has 1 saturated carbocycles. The summed E-state index contributed by atoms with van der Waals surface area (Å²) >= 11 is 6.47. The molecule has 48 heavy (non-hydrogen) atoms. The van der Waals surface area contributed by atoms with E-state index in [1.54, 1.807) is 6.07 Å². The first-order valence-electron chi connectivity index (χ1n) is 18.5. The van der Waals surface area contributed by atoms with Crippen LogP contribution in [0, 0.1) is 29.6 Å². The molecule has 7 nitrogen and oxygen atoms in total. The number of nitrogens with one attached hydrogen (secondary N) is 1. The van der Waals surface area contributed by atoms with Crippen molar-refractivity contribution in [2.24, 2.45) is 29.6 Å². The number of anilines is 1. The first-order chi connectivity index (χ1) is 23.1. The molecule has 0 radical (unpaired) electrons. The molecule has 4 aliphatic rings. The van der Waals surface area contributed by atoms with E-state index < -0.39 is 11.0 Å². The maximum atomic E-state index is 13.5. The van der Waals surface area contributed by atoms with Crippen molar-refractivity contribution >= 4 is 34.2 Å². The van der Waals surface area contributed by atoms with E-state index in [0.29, 0.717) is 29.9 Å². The Hall–Kier alpha value is -2.13. The zero-order valence-electron chi connectivity index (χ0n) is 29.3. The summed E-state index contributed by atoms with van der Waals surface area (Å²) in [6.07, 6.45) is 9.02. The van der Waals surface area contributed by atoms with E-state index >= 15 is 0 Å². The first-order valence-corrected chi connectivity index (χ1v) is 20.1. The van der Waals surface area contributed by atoms with Gasteiger partial charge in [0.1, 0.15) is 16.7 Å². The molecule has 8 unspecified atom stereocenters. The zero-order valence-corrected chi connectivity index (χ0v) is 30.9. The van der Waals surface area contributed by atoms with Gasteiger partial charge in [-0.05, 0) is 143 Å². The quantitative estimate of drug-likeness (QED) is 0.344. The van der Waals surface area contributed by atoms with E-state index in [4.69, 9.17) is 16.3 Å². The number of carbonyl (C=O) groups excluding carboxylic acids is 1. The fourth-order valence-electron chi connectivity index (χ4n) is 8.85. The van der Waals surface area contributed by atoms with Crippen molar-refractivity contribution in [3.05, 3.63) is 58.1 Å². The number of carbonyl (C=O) groups is 1. The Balaban J connectivity index is 1.35. The minimum absolute atomic E-state index is 0.132. The lowest BCUT2D eigenvalue weighted by Crippen LogP contribution is -2.48. The second-order valence-corrected chi connectivity index (χ2v) is 17.3. The molecule has 1 aliphatic carbocycles. The van der Waals surface area contributed by atoms with Crippen LogP contribution in [0.15, 0.2) is 36.4 Å². The third kappa shape index (κ3) is 7.92. The molecule has 0 aromatic heterocycles. The molecule has 2 aromatic carbocycles. The summed E-state index contributed by atoms with van der Waals surface area (Å²) in [5, 5.41) is 12.6. The van der Waals surface area contributed by atoms with Crippen molar-refractivity contribution in [2.75, 3.05) is 44.7 Å². The van der Waals surface area contributed by atoms with E-state index in [2.05, 4.69) is 47.5 Å². The third-order valence-electron chi connectivity index (χ3n) is 12.2. The van der Waals surface area contributed by atoms with Crippen molar-refractivity contribution in [1.29, 1.82) is 0 Å². The van der Waals surface area contributed by atoms with Gasteiger partial charge in [0.25, 0.3) is 5.91 Å². The summed E-state index contributed by atoms with van der Waals surface area (Å²) in [4.78, 5) is 18.3. The van der Waals surface area contributed by atoms with Crippen LogP contribution in [0.4, 0.5) is 5.69 Å². The number of ether oxygens (including phenoxy) is 1. The number of benzene rings is 2. The van der Waals surface area contributed by atoms with Crippen molar-refractivity contribution in [3.63, 3.8) is 0 Å². The standard InChI is InChI=1S/C39H56ClN3O4S/c1-5-7-28-20-32(40)12-14-33(28)31-23-43-22-30-10-13-34(30)35(38(44)27-16-18-42(4)19-17-27)9-6-8-25(2)26(3)48(46)41-39(45)29-11-15-37(47-24-31)36(43)21-29/h11-12,14-15,20-21,25-27,30-31,34-35,38,44H,5-10,13,16-19,22-24H2,1-4H3,(H,41,45). The Kier molecular flexibility index (Phi) is 11.8. The van der Waals surface area contributed by atoms with Crippen LogP contribution in [-0.2, 0) is 17.4 Å². The number of fused-ring (bicyclic) bond motifs is 2. The Morgan fingerprint density at radius 1 is 1.04 bits per heavy atom. The maximum Gasteiger partial charge on any atom is 0.263 e. The number of rotatable bonds is 5. The summed E-state index contributed by atoms with van der Waals surface area (Å²) in [6.45, 7) is 10.6. The molecule has 1 amide bonds. The number of likely N-dealkylation sites (tertiary alicyclic amines) is 1. The Labute approximate surface area is 295 Å². The number of hydrogen-bond donors (Lipinski definition) is 2. The lowest BCUT2D eigenvalue weighted by atomic mass is 9.62. The maximum absolute atomic E-state index is 13.5. The number of aliphatic hydroxyl groups excluding tert-OH is 1. The SMILES string of the molecule is CCCc1cc(Cl)ccc1C1COc2ccc3cc2N(C1)CC1CCC1C(C(O)C1CCN(C)CC1)CCCC(C)C(C)S(=O)NC3=O. The number of nitrogens with zero attached hydrogens (tertiary/aromatic N) is 2. The highest BCUT2D eigenvalue weighted by molar-refractivity contribution is 7.84. The predicted molar refractivity (Wildman–Crippen MR) is 196 cm³/mol. The van der Waals surface area contributed by atoms with Gasteiger partial charge in [-0.15, -0.1) is 0 Å². The highest BCUT2D eigenvalue weighted by Gasteiger charge is 2.43. The van der Waals surface area contributed by atoms with Crippen molar-refractivity contribution < 1.29 is 18.8 Å². The molecule has 3 aliphatic heterocycles. The highest BCUT2D eigenvalue weighted by Crippen LogP contribution is 2.47. The zero-order chi connectivity index (χ0) is 33.9. The highest BCUT2D eigenvalue weighted by atomic mass is 35.5. The number of piperidine rings is 1. The molecule has 6 rings (SSSR count). The van der Waals surface area contributed by atoms with Gasteiger partial charge in [0, 0.05) is 29.6 Å². The molecular formula is C39H56ClN3O4S. The first kappa shape index (κ1) is 35.7. The smallest absolute Gasteiger partial charge is 0.263 e. The average molecular weight is 698 g/mol. The Morgan fingerprint density at radius 2 is 1.83 bits per heavy atom. The van der Waals surface area contributed by atoms with Crippen LogP contribution in [0.25, 0.3) is 0 Å². The fraction of sp³-hybridized carbons (Fsp3) is 0.667. The summed E-state index contributed by atoms with van der Waals surface area (Å²) in [5.41, 5.74) is 3.97. The van der Waals surface area contributed by atoms with Crippen LogP contribution in [0.1, 0.15) is 99.5 Å². The minimum atomic E-state index is -1.51. The molecule has 3 heterocycles. The fourth-order valence-corrected chi connectivity index (χ4v) is 10.1. The Morgan fingerprint density at radius 3 is 2.56 bits per heavy atom. The molecule has 2 N–H and O–H groups in total. The van der Waals surface area contributed by atoms with Gasteiger partial charge in [-0.1, -0.05) is 44.4 Å². The molecule has 264 valence electrons. The van der Waals surface area contributed by atoms with Gasteiger partial charge in [-0.2, -0.15) is 0 Å². The minimum Gasteiger partial charge on any atom is -0.491 e. The van der Waals surface area contributed by atoms with Gasteiger partial charge in [0.2, 0.25) is 0 Å². The summed E-state index contributed by atoms with van der Waals surface area (Å²) in [5.74, 6) is 2.31. The predicted octanol–water partition coefficient (Wildman–Crippen LogP) is 7.22. The molecular weight excluding hydrogens is 642 g/mol. The van der Waals surface area contributed by atoms with Crippen LogP contribution in [0.3, 0.4) is 0 Å². The molecule has 2 fully saturated rings. The largest absolute Gasteiger partial charge is 0.491 e. The number of aliphatic hydroxyl groups is 1. The lowest BCUT2D eigenvalue weighted by molar-refractivity contribution is -0.0413. The molecule has 0 spiro atoms. The number of hydrogen-bond acceptors (Lipinski definition) is 6. The van der Waals surface area contributed by atoms with Gasteiger partial charge >= 0.3 is 0 Å². The van der Waals surface area contributed by atoms with E-state index in [0.717, 1.165) is 100 Å². The van der Waals surface area contributed by atoms with Gasteiger partial charge in [0.05, 0.1) is 23.6 Å². The summed E-state index contributed by atoms with van der Waals surface area (Å²) in [7, 11) is 0.677. The van der Waals surface area contributed by atoms with Crippen molar-refractivity contribution in [3.8, 4) is 5.75 Å². The molecule has 8 atom stereocenters. The van der Waals surface area contributed by atoms with Crippen LogP contribution >= 0.6 is 11.6 Å². The second kappa shape index (κ2) is 15.8. The topological polar surface area (TPSA) is 82.1 Å². The molecule has 9 heteroatoms. The number of aryl methyl sites for hydroxylation is 1. The lowest BCUT2D eigenvalue weighted by Gasteiger charge is -2.48. The van der Waals surface area contributed by atoms with Crippen LogP contribution < -0.4 is 14.4 Å². The van der Waals surface area contributed by atoms with Crippen LogP contribution in [0.5, 0.6) is 5.75 Å². The van der Waals surface area contributed by atoms with E-state index in [-0.39, 0.29) is 35.0 Å². The summed E-state index contributed by atoms with van der Waals surface area (Å²) in [6, 6.07) is 11.9. The molecule has 1 saturated heterocycles. The second-order valence-electron chi connectivity index (χ2n) is 15.3. The van der Waals surface area contributed by atoms with Gasteiger partial charge in [-0.3, -0.25) is 9.52 Å².